The van der Waals surface area contributed by atoms with Crippen molar-refractivity contribution in [3.63, 3.8) is 0 Å². The minimum absolute atomic E-state index is 0. The van der Waals surface area contributed by atoms with Crippen molar-refractivity contribution < 1.29 is 47.0 Å². The minimum atomic E-state index is -0.744. The van der Waals surface area contributed by atoms with E-state index in [0.29, 0.717) is 57.9 Å². The number of hydrogen-bond donors (Lipinski definition) is 0. The Hall–Kier alpha value is -8.14. The number of carbonyl (C=O) groups is 5. The summed E-state index contributed by atoms with van der Waals surface area (Å²) in [5, 5.41) is -0.350. The number of esters is 2. The fraction of sp³-hybridized carbons (Fsp3) is 0.297. The maximum Gasteiger partial charge on any atom is 0.411 e. The van der Waals surface area contributed by atoms with Crippen LogP contribution in [0.1, 0.15) is 73.4 Å². The van der Waals surface area contributed by atoms with Crippen LogP contribution in [0.3, 0.4) is 0 Å². The van der Waals surface area contributed by atoms with E-state index in [9.17, 15) is 32.8 Å². The van der Waals surface area contributed by atoms with Crippen LogP contribution >= 0.6 is 11.6 Å². The molecule has 2 aliphatic heterocycles. The number of halogens is 3. The molecule has 12 nitrogen and oxygen atoms in total. The summed E-state index contributed by atoms with van der Waals surface area (Å²) < 4.78 is 41.3. The Bertz CT molecular complexity index is 2960. The zero-order valence-electron chi connectivity index (χ0n) is 44.3. The van der Waals surface area contributed by atoms with Crippen LogP contribution in [-0.4, -0.2) is 133 Å². The van der Waals surface area contributed by atoms with E-state index in [1.807, 2.05) is 131 Å². The molecule has 0 spiro atoms. The molecule has 15 heteroatoms. The van der Waals surface area contributed by atoms with Crippen LogP contribution in [0.25, 0.3) is 0 Å². The molecule has 0 unspecified atom stereocenters. The van der Waals surface area contributed by atoms with Gasteiger partial charge < -0.3 is 19.1 Å². The molecular formula is C64H67ClF2N4O8. The number of carbonyl (C=O) groups excluding carboxylic acids is 5. The van der Waals surface area contributed by atoms with Crippen LogP contribution in [0.2, 0.25) is 0 Å². The zero-order chi connectivity index (χ0) is 56.0. The molecule has 2 saturated heterocycles. The van der Waals surface area contributed by atoms with Gasteiger partial charge in [-0.3, -0.25) is 24.3 Å². The number of benzene rings is 6. The topological polar surface area (TPSA) is 126 Å². The standard InChI is InChI=1S/C29H27FN2O3.C20H25FN2O4.C14H11ClO.CH4/c1-35-29(34)26-21-31(18-8-9-22-14-16-25(30)17-15-22)19-20-32(26)28(33)27(23-10-4-2-5-11-23)24-12-6-3-7-13-24;1-20(2,3)27-19(25)23-13-12-22(14-17(23)18(24)26-4)11-5-6-15-7-9-16(21)10-8-15;15-14(16)13(11-7-3-1-4-8-11)12-9-5-2-6-10-12;/h2-7,10-17,26-27H,18-21H2,1H3;7-10,17H,11-14H2,1-4H3;1-10,13H;1H4/t26-;17-;;/m00../s1. The fourth-order valence-electron chi connectivity index (χ4n) is 8.70. The van der Waals surface area contributed by atoms with Gasteiger partial charge in [-0.2, -0.15) is 0 Å². The van der Waals surface area contributed by atoms with Gasteiger partial charge in [-0.25, -0.2) is 23.2 Å². The second-order valence-corrected chi connectivity index (χ2v) is 19.6. The number of methoxy groups -OCH3 is 2. The molecular weight excluding hydrogens is 1030 g/mol. The maximum absolute atomic E-state index is 13.9. The van der Waals surface area contributed by atoms with Crippen molar-refractivity contribution in [3.8, 4) is 23.7 Å². The van der Waals surface area contributed by atoms with Gasteiger partial charge in [0.1, 0.15) is 29.3 Å². The van der Waals surface area contributed by atoms with Gasteiger partial charge >= 0.3 is 18.0 Å². The Labute approximate surface area is 468 Å². The Morgan fingerprint density at radius 2 is 0.873 bits per heavy atom. The number of hydrogen-bond acceptors (Lipinski definition) is 10. The summed E-state index contributed by atoms with van der Waals surface area (Å²) in [4.78, 5) is 69.7. The van der Waals surface area contributed by atoms with Crippen molar-refractivity contribution >= 4 is 40.8 Å². The summed E-state index contributed by atoms with van der Waals surface area (Å²) >= 11 is 5.67. The van der Waals surface area contributed by atoms with E-state index in [0.717, 1.165) is 27.8 Å². The van der Waals surface area contributed by atoms with Crippen molar-refractivity contribution in [2.45, 2.75) is 57.7 Å². The lowest BCUT2D eigenvalue weighted by Crippen LogP contribution is -2.59. The van der Waals surface area contributed by atoms with Crippen LogP contribution in [0.4, 0.5) is 13.6 Å². The average molecular weight is 1090 g/mol. The monoisotopic (exact) mass is 1090 g/mol. The second-order valence-electron chi connectivity index (χ2n) is 19.2. The molecule has 6 aromatic carbocycles. The molecule has 2 atom stereocenters. The summed E-state index contributed by atoms with van der Waals surface area (Å²) in [6, 6.07) is 48.8. The predicted octanol–water partition coefficient (Wildman–Crippen LogP) is 10.2. The van der Waals surface area contributed by atoms with Crippen molar-refractivity contribution in [2.24, 2.45) is 0 Å². The first-order chi connectivity index (χ1) is 37.5. The molecule has 0 aliphatic carbocycles. The molecule has 79 heavy (non-hydrogen) atoms. The molecule has 0 saturated carbocycles. The molecule has 0 bridgehead atoms. The van der Waals surface area contributed by atoms with Crippen LogP contribution in [0, 0.1) is 35.3 Å². The van der Waals surface area contributed by atoms with Gasteiger partial charge in [0, 0.05) is 50.4 Å². The van der Waals surface area contributed by atoms with Crippen molar-refractivity contribution in [1.29, 1.82) is 0 Å². The Kier molecular flexibility index (Phi) is 24.0. The van der Waals surface area contributed by atoms with Crippen LogP contribution < -0.4 is 0 Å². The highest BCUT2D eigenvalue weighted by Gasteiger charge is 2.40. The third kappa shape index (κ3) is 18.8. The minimum Gasteiger partial charge on any atom is -0.467 e. The molecule has 0 N–H and O–H groups in total. The van der Waals surface area contributed by atoms with Gasteiger partial charge in [-0.05, 0) is 103 Å². The number of amides is 2. The van der Waals surface area contributed by atoms with Crippen LogP contribution in [0.5, 0.6) is 0 Å². The van der Waals surface area contributed by atoms with Gasteiger partial charge in [0.25, 0.3) is 0 Å². The largest absolute Gasteiger partial charge is 0.467 e. The van der Waals surface area contributed by atoms with Gasteiger partial charge in [0.2, 0.25) is 11.1 Å². The number of ether oxygens (including phenoxy) is 3. The summed E-state index contributed by atoms with van der Waals surface area (Å²) in [7, 11) is 2.63. The third-order valence-corrected chi connectivity index (χ3v) is 12.8. The first kappa shape index (κ1) is 61.7. The van der Waals surface area contributed by atoms with Crippen LogP contribution in [-0.2, 0) is 33.4 Å². The van der Waals surface area contributed by atoms with Crippen molar-refractivity contribution in [1.82, 2.24) is 19.6 Å². The quantitative estimate of drug-likeness (QED) is 0.0567. The van der Waals surface area contributed by atoms with E-state index in [1.54, 1.807) is 49.9 Å². The SMILES string of the molecule is C.COC(=O)[C@@H]1CN(CC#Cc2ccc(F)cc2)CCN1C(=O)C(c1ccccc1)c1ccccc1.COC(=O)[C@@H]1CN(CC#Cc2ccc(F)cc2)CCN1C(=O)OC(C)(C)C.O=C(Cl)C(c1ccccc1)c1ccccc1. The Morgan fingerprint density at radius 1 is 0.532 bits per heavy atom. The molecule has 0 aromatic heterocycles. The van der Waals surface area contributed by atoms with E-state index < -0.39 is 41.6 Å². The van der Waals surface area contributed by atoms with Gasteiger partial charge in [-0.15, -0.1) is 0 Å². The molecule has 2 aliphatic rings. The molecule has 8 rings (SSSR count). The third-order valence-electron chi connectivity index (χ3n) is 12.6. The molecule has 2 heterocycles. The van der Waals surface area contributed by atoms with Crippen LogP contribution in [0.15, 0.2) is 170 Å². The highest BCUT2D eigenvalue weighted by atomic mass is 35.5. The van der Waals surface area contributed by atoms with Gasteiger partial charge in [0.05, 0.1) is 39.1 Å². The van der Waals surface area contributed by atoms with E-state index in [2.05, 4.69) is 23.7 Å². The maximum atomic E-state index is 13.9. The first-order valence-corrected chi connectivity index (χ1v) is 25.7. The summed E-state index contributed by atoms with van der Waals surface area (Å²) in [6.07, 6.45) is -0.532. The number of nitrogens with zero attached hydrogens (tertiary/aromatic N) is 4. The highest BCUT2D eigenvalue weighted by Crippen LogP contribution is 2.30. The Morgan fingerprint density at radius 3 is 1.22 bits per heavy atom. The fourth-order valence-corrected chi connectivity index (χ4v) is 8.95. The lowest BCUT2D eigenvalue weighted by Gasteiger charge is -2.40. The summed E-state index contributed by atoms with van der Waals surface area (Å²) in [5.41, 5.74) is 4.39. The molecule has 0 radical (unpaired) electrons. The predicted molar refractivity (Wildman–Crippen MR) is 303 cm³/mol. The Balaban J connectivity index is 0.000000231. The summed E-state index contributed by atoms with van der Waals surface area (Å²) in [5.74, 6) is 9.51. The van der Waals surface area contributed by atoms with E-state index in [4.69, 9.17) is 25.8 Å². The van der Waals surface area contributed by atoms with Crippen molar-refractivity contribution in [3.05, 3.63) is 215 Å². The molecule has 2 amide bonds. The lowest BCUT2D eigenvalue weighted by atomic mass is 9.89. The van der Waals surface area contributed by atoms with Gasteiger partial charge in [-0.1, -0.05) is 152 Å². The van der Waals surface area contributed by atoms with E-state index >= 15 is 0 Å². The summed E-state index contributed by atoms with van der Waals surface area (Å²) in [6.45, 7) is 8.67. The van der Waals surface area contributed by atoms with Gasteiger partial charge in [0.15, 0.2) is 0 Å². The van der Waals surface area contributed by atoms with Crippen molar-refractivity contribution in [2.75, 3.05) is 66.6 Å². The first-order valence-electron chi connectivity index (χ1n) is 25.3. The smallest absolute Gasteiger partial charge is 0.411 e. The van der Waals surface area contributed by atoms with E-state index in [1.165, 1.54) is 43.4 Å². The second kappa shape index (κ2) is 30.7. The van der Waals surface area contributed by atoms with E-state index in [-0.39, 0.29) is 36.1 Å². The normalized spacial score (nSPS) is 15.2. The number of rotatable bonds is 10. The number of piperazine rings is 2. The molecule has 2 fully saturated rings. The molecule has 412 valence electrons. The average Bonchev–Trinajstić information content (AvgIpc) is 3.50. The molecule has 6 aromatic rings. The lowest BCUT2D eigenvalue weighted by molar-refractivity contribution is -0.156. The zero-order valence-corrected chi connectivity index (χ0v) is 45.1. The highest BCUT2D eigenvalue weighted by molar-refractivity contribution is 6.65.